The van der Waals surface area contributed by atoms with E-state index in [1.165, 1.54) is 0 Å². The van der Waals surface area contributed by atoms with Crippen molar-refractivity contribution in [2.75, 3.05) is 0 Å². The van der Waals surface area contributed by atoms with Crippen LogP contribution in [0.25, 0.3) is 0 Å². The number of hydrogen-bond acceptors (Lipinski definition) is 3. The van der Waals surface area contributed by atoms with Gasteiger partial charge in [0.25, 0.3) is 0 Å². The second kappa shape index (κ2) is 6.54. The first-order valence-electron chi connectivity index (χ1n) is 8.67. The molecule has 1 heterocycles. The van der Waals surface area contributed by atoms with Gasteiger partial charge in [-0.1, -0.05) is 6.92 Å². The van der Waals surface area contributed by atoms with Crippen molar-refractivity contribution in [1.29, 1.82) is 0 Å². The van der Waals surface area contributed by atoms with Gasteiger partial charge in [-0.15, -0.1) is 0 Å². The first kappa shape index (κ1) is 17.8. The van der Waals surface area contributed by atoms with Crippen molar-refractivity contribution in [1.82, 2.24) is 0 Å². The maximum absolute atomic E-state index is 11.4. The van der Waals surface area contributed by atoms with Gasteiger partial charge in [-0.3, -0.25) is 4.79 Å². The minimum Gasteiger partial charge on any atom is -0.507 e. The van der Waals surface area contributed by atoms with Crippen molar-refractivity contribution in [3.63, 3.8) is 0 Å². The van der Waals surface area contributed by atoms with Crippen molar-refractivity contribution < 1.29 is 14.6 Å². The zero-order valence-electron chi connectivity index (χ0n) is 15.4. The van der Waals surface area contributed by atoms with E-state index in [9.17, 15) is 9.90 Å². The van der Waals surface area contributed by atoms with E-state index in [2.05, 4.69) is 6.92 Å². The molecule has 3 heteroatoms. The van der Waals surface area contributed by atoms with Gasteiger partial charge in [-0.25, -0.2) is 0 Å². The summed E-state index contributed by atoms with van der Waals surface area (Å²) in [5, 5.41) is 10.2. The summed E-state index contributed by atoms with van der Waals surface area (Å²) in [6.07, 6.45) is 4.78. The Kier molecular flexibility index (Phi) is 5.07. The SMILES string of the molecule is CC(=O)C(C)CCC[C@]1(C)CCc2c(C)c(O)c(C)c(C)c2O1. The number of phenols is 1. The topological polar surface area (TPSA) is 46.5 Å². The Balaban J connectivity index is 2.14. The molecule has 0 saturated carbocycles. The minimum absolute atomic E-state index is 0.137. The van der Waals surface area contributed by atoms with Crippen LogP contribution in [-0.4, -0.2) is 16.5 Å². The number of carbonyl (C=O) groups is 1. The van der Waals surface area contributed by atoms with Gasteiger partial charge in [0, 0.05) is 11.5 Å². The molecule has 1 aromatic carbocycles. The zero-order chi connectivity index (χ0) is 17.4. The Bertz CT molecular complexity index is 618. The molecule has 0 bridgehead atoms. The molecule has 0 amide bonds. The number of carbonyl (C=O) groups excluding carboxylic acids is 1. The van der Waals surface area contributed by atoms with Crippen LogP contribution >= 0.6 is 0 Å². The Morgan fingerprint density at radius 3 is 2.52 bits per heavy atom. The highest BCUT2D eigenvalue weighted by Gasteiger charge is 2.34. The molecule has 2 rings (SSSR count). The third kappa shape index (κ3) is 3.54. The molecule has 3 nitrogen and oxygen atoms in total. The smallest absolute Gasteiger partial charge is 0.132 e. The summed E-state index contributed by atoms with van der Waals surface area (Å²) in [7, 11) is 0. The van der Waals surface area contributed by atoms with Crippen LogP contribution in [0.1, 0.15) is 68.7 Å². The Morgan fingerprint density at radius 1 is 1.26 bits per heavy atom. The quantitative estimate of drug-likeness (QED) is 0.848. The lowest BCUT2D eigenvalue weighted by atomic mass is 9.84. The number of rotatable bonds is 5. The first-order chi connectivity index (χ1) is 10.7. The maximum Gasteiger partial charge on any atom is 0.132 e. The van der Waals surface area contributed by atoms with Crippen LogP contribution in [-0.2, 0) is 11.2 Å². The van der Waals surface area contributed by atoms with Gasteiger partial charge in [0.15, 0.2) is 0 Å². The average molecular weight is 318 g/mol. The summed E-state index contributed by atoms with van der Waals surface area (Å²) in [6.45, 7) is 11.8. The van der Waals surface area contributed by atoms with E-state index in [0.29, 0.717) is 5.75 Å². The molecule has 1 aliphatic heterocycles. The predicted octanol–water partition coefficient (Wildman–Crippen LogP) is 4.80. The number of fused-ring (bicyclic) bond motifs is 1. The number of ketones is 1. The highest BCUT2D eigenvalue weighted by atomic mass is 16.5. The van der Waals surface area contributed by atoms with Crippen LogP contribution in [0.3, 0.4) is 0 Å². The number of Topliss-reactive ketones (excluding diaryl/α,β-unsaturated/α-hetero) is 1. The van der Waals surface area contributed by atoms with Crippen molar-refractivity contribution >= 4 is 5.78 Å². The molecule has 0 spiro atoms. The maximum atomic E-state index is 11.4. The lowest BCUT2D eigenvalue weighted by molar-refractivity contribution is -0.120. The minimum atomic E-state index is -0.176. The molecule has 23 heavy (non-hydrogen) atoms. The molecule has 1 aromatic rings. The molecular weight excluding hydrogens is 288 g/mol. The van der Waals surface area contributed by atoms with Gasteiger partial charge in [-0.05, 0) is 83.4 Å². The van der Waals surface area contributed by atoms with Gasteiger partial charge >= 0.3 is 0 Å². The molecule has 1 unspecified atom stereocenters. The first-order valence-corrected chi connectivity index (χ1v) is 8.67. The summed E-state index contributed by atoms with van der Waals surface area (Å²) in [5.41, 5.74) is 3.89. The predicted molar refractivity (Wildman–Crippen MR) is 93.4 cm³/mol. The lowest BCUT2D eigenvalue weighted by Crippen LogP contribution is -2.37. The van der Waals surface area contributed by atoms with Crippen molar-refractivity contribution in [3.8, 4) is 11.5 Å². The average Bonchev–Trinajstić information content (AvgIpc) is 2.50. The second-order valence-corrected chi connectivity index (χ2v) is 7.49. The summed E-state index contributed by atoms with van der Waals surface area (Å²) >= 11 is 0. The van der Waals surface area contributed by atoms with Crippen molar-refractivity contribution in [2.45, 2.75) is 79.2 Å². The van der Waals surface area contributed by atoms with E-state index in [4.69, 9.17) is 4.74 Å². The van der Waals surface area contributed by atoms with Crippen molar-refractivity contribution in [3.05, 3.63) is 22.3 Å². The number of aromatic hydroxyl groups is 1. The van der Waals surface area contributed by atoms with Crippen LogP contribution in [0, 0.1) is 26.7 Å². The molecular formula is C20H30O3. The Labute approximate surface area is 140 Å². The van der Waals surface area contributed by atoms with E-state index < -0.39 is 0 Å². The van der Waals surface area contributed by atoms with E-state index in [0.717, 1.165) is 60.1 Å². The van der Waals surface area contributed by atoms with Gasteiger partial charge in [0.2, 0.25) is 0 Å². The molecule has 0 aliphatic carbocycles. The number of hydrogen-bond donors (Lipinski definition) is 1. The number of ether oxygens (including phenoxy) is 1. The molecule has 0 saturated heterocycles. The normalized spacial score (nSPS) is 21.5. The summed E-state index contributed by atoms with van der Waals surface area (Å²) in [4.78, 5) is 11.4. The highest BCUT2D eigenvalue weighted by Crippen LogP contribution is 2.44. The summed E-state index contributed by atoms with van der Waals surface area (Å²) in [6, 6.07) is 0. The second-order valence-electron chi connectivity index (χ2n) is 7.49. The fraction of sp³-hybridized carbons (Fsp3) is 0.650. The van der Waals surface area contributed by atoms with Gasteiger partial charge < -0.3 is 9.84 Å². The highest BCUT2D eigenvalue weighted by molar-refractivity contribution is 5.77. The molecule has 0 fully saturated rings. The van der Waals surface area contributed by atoms with Crippen molar-refractivity contribution in [2.24, 2.45) is 5.92 Å². The Hall–Kier alpha value is -1.51. The zero-order valence-corrected chi connectivity index (χ0v) is 15.4. The lowest BCUT2D eigenvalue weighted by Gasteiger charge is -2.38. The van der Waals surface area contributed by atoms with Gasteiger partial charge in [0.05, 0.1) is 0 Å². The van der Waals surface area contributed by atoms with E-state index >= 15 is 0 Å². The molecule has 0 radical (unpaired) electrons. The van der Waals surface area contributed by atoms with Crippen LogP contribution < -0.4 is 4.74 Å². The molecule has 0 aromatic heterocycles. The molecule has 1 aliphatic rings. The van der Waals surface area contributed by atoms with E-state index in [1.54, 1.807) is 6.92 Å². The van der Waals surface area contributed by atoms with Crippen LogP contribution in [0.4, 0.5) is 0 Å². The molecule has 1 N–H and O–H groups in total. The standard InChI is InChI=1S/C20H30O3/c1-12(16(5)21)8-7-10-20(6)11-9-17-15(4)18(22)13(2)14(3)19(17)23-20/h12,22H,7-11H2,1-6H3/t12?,20-/m1/s1. The summed E-state index contributed by atoms with van der Waals surface area (Å²) < 4.78 is 6.41. The van der Waals surface area contributed by atoms with Gasteiger partial charge in [0.1, 0.15) is 22.9 Å². The summed E-state index contributed by atoms with van der Waals surface area (Å²) in [5.74, 6) is 1.77. The van der Waals surface area contributed by atoms with E-state index in [-0.39, 0.29) is 17.3 Å². The third-order valence-electron chi connectivity index (χ3n) is 5.63. The molecule has 2 atom stereocenters. The largest absolute Gasteiger partial charge is 0.507 e. The molecule has 128 valence electrons. The monoisotopic (exact) mass is 318 g/mol. The van der Waals surface area contributed by atoms with E-state index in [1.807, 2.05) is 27.7 Å². The van der Waals surface area contributed by atoms with Crippen LogP contribution in [0.5, 0.6) is 11.5 Å². The fourth-order valence-electron chi connectivity index (χ4n) is 3.46. The Morgan fingerprint density at radius 2 is 1.91 bits per heavy atom. The van der Waals surface area contributed by atoms with Crippen LogP contribution in [0.2, 0.25) is 0 Å². The third-order valence-corrected chi connectivity index (χ3v) is 5.63. The van der Waals surface area contributed by atoms with Crippen LogP contribution in [0.15, 0.2) is 0 Å². The number of phenolic OH excluding ortho intramolecular Hbond substituents is 1. The number of benzene rings is 1. The fourth-order valence-corrected chi connectivity index (χ4v) is 3.46. The van der Waals surface area contributed by atoms with Gasteiger partial charge in [-0.2, -0.15) is 0 Å².